The lowest BCUT2D eigenvalue weighted by atomic mass is 10.0. The minimum absolute atomic E-state index is 0.273. The molecule has 0 aliphatic rings. The largest absolute Gasteiger partial charge is 0.378 e. The zero-order chi connectivity index (χ0) is 12.3. The van der Waals surface area contributed by atoms with Gasteiger partial charge in [-0.15, -0.1) is 0 Å². The molecule has 0 spiro atoms. The second-order valence-corrected chi connectivity index (χ2v) is 4.93. The van der Waals surface area contributed by atoms with Gasteiger partial charge in [-0.25, -0.2) is 0 Å². The molecule has 1 aromatic carbocycles. The van der Waals surface area contributed by atoms with Crippen molar-refractivity contribution in [3.05, 3.63) is 58.3 Å². The average Bonchev–Trinajstić information content (AvgIpc) is 2.32. The first-order chi connectivity index (χ1) is 8.18. The number of aryl methyl sites for hydroxylation is 1. The summed E-state index contributed by atoms with van der Waals surface area (Å²) in [6.45, 7) is 4.30. The predicted octanol–water partition coefficient (Wildman–Crippen LogP) is 4.33. The highest BCUT2D eigenvalue weighted by Crippen LogP contribution is 2.26. The fraction of sp³-hybridized carbons (Fsp3) is 0.214. The molecular formula is C14H15BrN2. The second-order valence-electron chi connectivity index (χ2n) is 4.08. The summed E-state index contributed by atoms with van der Waals surface area (Å²) in [5.41, 5.74) is 3.68. The smallest absolute Gasteiger partial charge is 0.0590 e. The topological polar surface area (TPSA) is 24.9 Å². The van der Waals surface area contributed by atoms with E-state index in [9.17, 15) is 0 Å². The molecular weight excluding hydrogens is 276 g/mol. The Bertz CT molecular complexity index is 511. The lowest BCUT2D eigenvalue weighted by Crippen LogP contribution is -2.08. The normalized spacial score (nSPS) is 12.2. The molecule has 2 rings (SSSR count). The van der Waals surface area contributed by atoms with Gasteiger partial charge in [-0.3, -0.25) is 4.98 Å². The van der Waals surface area contributed by atoms with Gasteiger partial charge in [0.25, 0.3) is 0 Å². The molecule has 1 atom stereocenters. The number of aromatic nitrogens is 1. The molecule has 0 fully saturated rings. The van der Waals surface area contributed by atoms with E-state index in [1.165, 1.54) is 11.1 Å². The molecule has 0 amide bonds. The predicted molar refractivity (Wildman–Crippen MR) is 75.2 cm³/mol. The van der Waals surface area contributed by atoms with E-state index in [1.54, 1.807) is 12.4 Å². The number of pyridine rings is 1. The van der Waals surface area contributed by atoms with E-state index in [0.717, 1.165) is 10.2 Å². The van der Waals surface area contributed by atoms with Gasteiger partial charge in [-0.05, 0) is 47.0 Å². The number of nitrogens with one attached hydrogen (secondary N) is 1. The van der Waals surface area contributed by atoms with Crippen LogP contribution in [0.3, 0.4) is 0 Å². The Labute approximate surface area is 110 Å². The van der Waals surface area contributed by atoms with Crippen LogP contribution >= 0.6 is 15.9 Å². The maximum Gasteiger partial charge on any atom is 0.0590 e. The molecule has 0 saturated heterocycles. The van der Waals surface area contributed by atoms with E-state index in [4.69, 9.17) is 0 Å². The lowest BCUT2D eigenvalue weighted by Gasteiger charge is -2.18. The Morgan fingerprint density at radius 1 is 1.24 bits per heavy atom. The van der Waals surface area contributed by atoms with Crippen LogP contribution in [0.15, 0.2) is 47.2 Å². The molecule has 88 valence electrons. The van der Waals surface area contributed by atoms with Crippen LogP contribution in [0.2, 0.25) is 0 Å². The minimum Gasteiger partial charge on any atom is -0.378 e. The van der Waals surface area contributed by atoms with E-state index >= 15 is 0 Å². The number of hydrogen-bond acceptors (Lipinski definition) is 2. The SMILES string of the molecule is Cc1ccccc1C(C)Nc1ccncc1Br. The number of halogens is 1. The minimum atomic E-state index is 0.273. The zero-order valence-electron chi connectivity index (χ0n) is 9.94. The van der Waals surface area contributed by atoms with Crippen molar-refractivity contribution >= 4 is 21.6 Å². The molecule has 1 unspecified atom stereocenters. The Morgan fingerprint density at radius 3 is 2.71 bits per heavy atom. The molecule has 0 aliphatic heterocycles. The van der Waals surface area contributed by atoms with Gasteiger partial charge < -0.3 is 5.32 Å². The first kappa shape index (κ1) is 12.1. The number of hydrogen-bond donors (Lipinski definition) is 1. The Morgan fingerprint density at radius 2 is 2.00 bits per heavy atom. The van der Waals surface area contributed by atoms with Crippen LogP contribution < -0.4 is 5.32 Å². The summed E-state index contributed by atoms with van der Waals surface area (Å²) in [6, 6.07) is 10.7. The van der Waals surface area contributed by atoms with E-state index in [0.29, 0.717) is 0 Å². The van der Waals surface area contributed by atoms with Crippen molar-refractivity contribution in [3.63, 3.8) is 0 Å². The van der Waals surface area contributed by atoms with Crippen molar-refractivity contribution in [1.29, 1.82) is 0 Å². The molecule has 0 radical (unpaired) electrons. The molecule has 0 aliphatic carbocycles. The molecule has 0 bridgehead atoms. The lowest BCUT2D eigenvalue weighted by molar-refractivity contribution is 0.872. The number of anilines is 1. The van der Waals surface area contributed by atoms with Crippen molar-refractivity contribution in [1.82, 2.24) is 4.98 Å². The van der Waals surface area contributed by atoms with E-state index in [2.05, 4.69) is 64.3 Å². The molecule has 1 N–H and O–H groups in total. The van der Waals surface area contributed by atoms with Gasteiger partial charge in [0.2, 0.25) is 0 Å². The molecule has 2 aromatic rings. The number of nitrogens with zero attached hydrogens (tertiary/aromatic N) is 1. The van der Waals surface area contributed by atoms with Crippen LogP contribution in [-0.4, -0.2) is 4.98 Å². The quantitative estimate of drug-likeness (QED) is 0.910. The summed E-state index contributed by atoms with van der Waals surface area (Å²) in [5, 5.41) is 3.48. The molecule has 3 heteroatoms. The second kappa shape index (κ2) is 5.32. The third kappa shape index (κ3) is 2.86. The van der Waals surface area contributed by atoms with Crippen LogP contribution in [0, 0.1) is 6.92 Å². The van der Waals surface area contributed by atoms with Gasteiger partial charge in [0.05, 0.1) is 10.2 Å². The van der Waals surface area contributed by atoms with Crippen LogP contribution in [0.4, 0.5) is 5.69 Å². The van der Waals surface area contributed by atoms with Gasteiger partial charge in [-0.1, -0.05) is 24.3 Å². The molecule has 0 saturated carbocycles. The van der Waals surface area contributed by atoms with Crippen LogP contribution in [0.5, 0.6) is 0 Å². The van der Waals surface area contributed by atoms with Crippen molar-refractivity contribution in [2.45, 2.75) is 19.9 Å². The zero-order valence-corrected chi connectivity index (χ0v) is 11.5. The summed E-state index contributed by atoms with van der Waals surface area (Å²) in [5.74, 6) is 0. The van der Waals surface area contributed by atoms with Crippen LogP contribution in [0.1, 0.15) is 24.1 Å². The van der Waals surface area contributed by atoms with Crippen LogP contribution in [-0.2, 0) is 0 Å². The summed E-state index contributed by atoms with van der Waals surface area (Å²) < 4.78 is 0.987. The fourth-order valence-corrected chi connectivity index (χ4v) is 2.24. The highest BCUT2D eigenvalue weighted by atomic mass is 79.9. The summed E-state index contributed by atoms with van der Waals surface area (Å²) in [6.07, 6.45) is 3.59. The molecule has 17 heavy (non-hydrogen) atoms. The highest BCUT2D eigenvalue weighted by Gasteiger charge is 2.08. The summed E-state index contributed by atoms with van der Waals surface area (Å²) in [7, 11) is 0. The van der Waals surface area contributed by atoms with Crippen LogP contribution in [0.25, 0.3) is 0 Å². The Kier molecular flexibility index (Phi) is 3.79. The molecule has 2 nitrogen and oxygen atoms in total. The van der Waals surface area contributed by atoms with E-state index < -0.39 is 0 Å². The van der Waals surface area contributed by atoms with Gasteiger partial charge in [0.1, 0.15) is 0 Å². The monoisotopic (exact) mass is 290 g/mol. The van der Waals surface area contributed by atoms with E-state index in [1.807, 2.05) is 6.07 Å². The van der Waals surface area contributed by atoms with Crippen molar-refractivity contribution in [2.24, 2.45) is 0 Å². The van der Waals surface area contributed by atoms with Crippen molar-refractivity contribution in [3.8, 4) is 0 Å². The summed E-state index contributed by atoms with van der Waals surface area (Å²) in [4.78, 5) is 4.06. The summed E-state index contributed by atoms with van der Waals surface area (Å²) >= 11 is 3.49. The van der Waals surface area contributed by atoms with Crippen molar-refractivity contribution in [2.75, 3.05) is 5.32 Å². The Hall–Kier alpha value is -1.35. The van der Waals surface area contributed by atoms with Gasteiger partial charge >= 0.3 is 0 Å². The van der Waals surface area contributed by atoms with Gasteiger partial charge in [-0.2, -0.15) is 0 Å². The third-order valence-electron chi connectivity index (χ3n) is 2.80. The fourth-order valence-electron chi connectivity index (χ4n) is 1.88. The number of benzene rings is 1. The first-order valence-corrected chi connectivity index (χ1v) is 6.39. The average molecular weight is 291 g/mol. The first-order valence-electron chi connectivity index (χ1n) is 5.60. The van der Waals surface area contributed by atoms with E-state index in [-0.39, 0.29) is 6.04 Å². The highest BCUT2D eigenvalue weighted by molar-refractivity contribution is 9.10. The molecule has 1 aromatic heterocycles. The van der Waals surface area contributed by atoms with Crippen molar-refractivity contribution < 1.29 is 0 Å². The Balaban J connectivity index is 2.20. The maximum atomic E-state index is 4.06. The van der Waals surface area contributed by atoms with Gasteiger partial charge in [0.15, 0.2) is 0 Å². The maximum absolute atomic E-state index is 4.06. The van der Waals surface area contributed by atoms with Gasteiger partial charge in [0, 0.05) is 18.4 Å². The number of rotatable bonds is 3. The third-order valence-corrected chi connectivity index (χ3v) is 3.43. The molecule has 1 heterocycles. The standard InChI is InChI=1S/C14H15BrN2/c1-10-5-3-4-6-12(10)11(2)17-14-7-8-16-9-13(14)15/h3-9,11H,1-2H3,(H,16,17).